The molecule has 0 aliphatic heterocycles. The Balaban J connectivity index is 1.92. The summed E-state index contributed by atoms with van der Waals surface area (Å²) in [6.45, 7) is 1.92. The smallest absolute Gasteiger partial charge is 0.406 e. The third kappa shape index (κ3) is 4.26. The summed E-state index contributed by atoms with van der Waals surface area (Å²) in [7, 11) is 0. The fourth-order valence-corrected chi connectivity index (χ4v) is 2.03. The van der Waals surface area contributed by atoms with E-state index in [9.17, 15) is 18.0 Å². The largest absolute Gasteiger partial charge is 0.573 e. The molecule has 0 N–H and O–H groups in total. The topological polar surface area (TPSA) is 26.3 Å². The van der Waals surface area contributed by atoms with Crippen LogP contribution in [0.15, 0.2) is 24.3 Å². The molecule has 0 bridgehead atoms. The lowest BCUT2D eigenvalue weighted by Crippen LogP contribution is -2.17. The van der Waals surface area contributed by atoms with E-state index in [2.05, 4.69) is 4.74 Å². The molecule has 1 unspecified atom stereocenters. The van der Waals surface area contributed by atoms with Gasteiger partial charge in [0.1, 0.15) is 11.5 Å². The van der Waals surface area contributed by atoms with Crippen LogP contribution in [-0.2, 0) is 11.2 Å². The molecule has 5 heteroatoms. The minimum Gasteiger partial charge on any atom is -0.406 e. The van der Waals surface area contributed by atoms with Crippen molar-refractivity contribution in [2.24, 2.45) is 11.8 Å². The molecule has 1 aliphatic rings. The SMILES string of the molecule is CC(C(=O)Cc1ccc(OC(F)(F)F)cc1)C1CC1. The van der Waals surface area contributed by atoms with Crippen LogP contribution in [0.5, 0.6) is 5.75 Å². The van der Waals surface area contributed by atoms with Crippen molar-refractivity contribution in [2.75, 3.05) is 0 Å². The zero-order valence-electron chi connectivity index (χ0n) is 10.5. The maximum Gasteiger partial charge on any atom is 0.573 e. The molecule has 0 spiro atoms. The first-order valence-electron chi connectivity index (χ1n) is 6.22. The Morgan fingerprint density at radius 3 is 2.37 bits per heavy atom. The molecular weight excluding hydrogens is 257 g/mol. The van der Waals surface area contributed by atoms with Crippen molar-refractivity contribution >= 4 is 5.78 Å². The molecule has 104 valence electrons. The number of halogens is 3. The first-order chi connectivity index (χ1) is 8.85. The van der Waals surface area contributed by atoms with Crippen molar-refractivity contribution in [1.29, 1.82) is 0 Å². The van der Waals surface area contributed by atoms with E-state index >= 15 is 0 Å². The lowest BCUT2D eigenvalue weighted by molar-refractivity contribution is -0.274. The van der Waals surface area contributed by atoms with Crippen molar-refractivity contribution in [2.45, 2.75) is 32.5 Å². The zero-order valence-corrected chi connectivity index (χ0v) is 10.5. The summed E-state index contributed by atoms with van der Waals surface area (Å²) in [6.07, 6.45) is -2.21. The molecule has 0 amide bonds. The molecule has 0 heterocycles. The summed E-state index contributed by atoms with van der Waals surface area (Å²) in [5.41, 5.74) is 0.715. The summed E-state index contributed by atoms with van der Waals surface area (Å²) in [6, 6.07) is 5.47. The van der Waals surface area contributed by atoms with E-state index in [-0.39, 0.29) is 23.9 Å². The normalized spacial score (nSPS) is 17.1. The standard InChI is InChI=1S/C14H15F3O2/c1-9(11-4-5-11)13(18)8-10-2-6-12(7-3-10)19-14(15,16)17/h2-3,6-7,9,11H,4-5,8H2,1H3. The summed E-state index contributed by atoms with van der Waals surface area (Å²) < 4.78 is 39.7. The molecule has 0 saturated heterocycles. The highest BCUT2D eigenvalue weighted by Gasteiger charge is 2.32. The number of ether oxygens (including phenoxy) is 1. The molecule has 1 atom stereocenters. The van der Waals surface area contributed by atoms with Gasteiger partial charge in [-0.25, -0.2) is 0 Å². The second kappa shape index (κ2) is 5.23. The van der Waals surface area contributed by atoms with E-state index in [1.165, 1.54) is 24.3 Å². The van der Waals surface area contributed by atoms with Crippen LogP contribution in [0.25, 0.3) is 0 Å². The van der Waals surface area contributed by atoms with Crippen LogP contribution in [0.1, 0.15) is 25.3 Å². The summed E-state index contributed by atoms with van der Waals surface area (Å²) in [5, 5.41) is 0. The van der Waals surface area contributed by atoms with Gasteiger partial charge in [-0.2, -0.15) is 0 Å². The molecule has 0 aromatic heterocycles. The molecular formula is C14H15F3O2. The van der Waals surface area contributed by atoms with Gasteiger partial charge >= 0.3 is 6.36 Å². The molecule has 1 aliphatic carbocycles. The third-order valence-electron chi connectivity index (χ3n) is 3.37. The van der Waals surface area contributed by atoms with Crippen LogP contribution in [0.3, 0.4) is 0 Å². The van der Waals surface area contributed by atoms with Gasteiger partial charge in [-0.05, 0) is 36.5 Å². The maximum absolute atomic E-state index is 12.0. The highest BCUT2D eigenvalue weighted by atomic mass is 19.4. The highest BCUT2D eigenvalue weighted by Crippen LogP contribution is 2.37. The van der Waals surface area contributed by atoms with Gasteiger partial charge < -0.3 is 4.74 Å². The van der Waals surface area contributed by atoms with E-state index < -0.39 is 6.36 Å². The predicted molar refractivity (Wildman–Crippen MR) is 63.7 cm³/mol. The fourth-order valence-electron chi connectivity index (χ4n) is 2.03. The minimum atomic E-state index is -4.68. The zero-order chi connectivity index (χ0) is 14.0. The van der Waals surface area contributed by atoms with Gasteiger partial charge in [0.15, 0.2) is 0 Å². The lowest BCUT2D eigenvalue weighted by atomic mass is 9.95. The number of rotatable bonds is 5. The van der Waals surface area contributed by atoms with Crippen LogP contribution >= 0.6 is 0 Å². The molecule has 1 fully saturated rings. The highest BCUT2D eigenvalue weighted by molar-refractivity contribution is 5.83. The first-order valence-corrected chi connectivity index (χ1v) is 6.22. The second-order valence-electron chi connectivity index (χ2n) is 4.96. The second-order valence-corrected chi connectivity index (χ2v) is 4.96. The number of benzene rings is 1. The lowest BCUT2D eigenvalue weighted by Gasteiger charge is -2.10. The van der Waals surface area contributed by atoms with Gasteiger partial charge in [-0.1, -0.05) is 19.1 Å². The summed E-state index contributed by atoms with van der Waals surface area (Å²) in [4.78, 5) is 11.9. The molecule has 2 rings (SSSR count). The average Bonchev–Trinajstić information content (AvgIpc) is 3.12. The van der Waals surface area contributed by atoms with E-state index in [1.807, 2.05) is 6.92 Å². The predicted octanol–water partition coefficient (Wildman–Crippen LogP) is 3.74. The molecule has 1 saturated carbocycles. The molecule has 2 nitrogen and oxygen atoms in total. The number of carbonyl (C=O) groups excluding carboxylic acids is 1. The number of carbonyl (C=O) groups is 1. The van der Waals surface area contributed by atoms with Gasteiger partial charge in [0.2, 0.25) is 0 Å². The van der Waals surface area contributed by atoms with E-state index in [0.717, 1.165) is 12.8 Å². The van der Waals surface area contributed by atoms with E-state index in [0.29, 0.717) is 11.5 Å². The molecule has 1 aromatic rings. The first kappa shape index (κ1) is 13.9. The number of alkyl halides is 3. The number of Topliss-reactive ketones (excluding diaryl/α,β-unsaturated/α-hetero) is 1. The Morgan fingerprint density at radius 2 is 1.89 bits per heavy atom. The number of hydrogen-bond donors (Lipinski definition) is 0. The average molecular weight is 272 g/mol. The third-order valence-corrected chi connectivity index (χ3v) is 3.37. The molecule has 19 heavy (non-hydrogen) atoms. The van der Waals surface area contributed by atoms with Gasteiger partial charge in [-0.15, -0.1) is 13.2 Å². The Bertz CT molecular complexity index is 447. The Labute approximate surface area is 109 Å². The van der Waals surface area contributed by atoms with Crippen LogP contribution in [0.4, 0.5) is 13.2 Å². The molecule has 1 aromatic carbocycles. The summed E-state index contributed by atoms with van der Waals surface area (Å²) in [5.74, 6) is 0.428. The Kier molecular flexibility index (Phi) is 3.83. The van der Waals surface area contributed by atoms with Gasteiger partial charge in [-0.3, -0.25) is 4.79 Å². The van der Waals surface area contributed by atoms with Crippen molar-refractivity contribution in [3.63, 3.8) is 0 Å². The maximum atomic E-state index is 12.0. The monoisotopic (exact) mass is 272 g/mol. The van der Waals surface area contributed by atoms with Crippen molar-refractivity contribution in [3.05, 3.63) is 29.8 Å². The Hall–Kier alpha value is -1.52. The minimum absolute atomic E-state index is 0.0473. The quantitative estimate of drug-likeness (QED) is 0.816. The van der Waals surface area contributed by atoms with Crippen LogP contribution in [-0.4, -0.2) is 12.1 Å². The van der Waals surface area contributed by atoms with E-state index in [1.54, 1.807) is 0 Å². The molecule has 0 radical (unpaired) electrons. The Morgan fingerprint density at radius 1 is 1.32 bits per heavy atom. The van der Waals surface area contributed by atoms with Gasteiger partial charge in [0, 0.05) is 12.3 Å². The summed E-state index contributed by atoms with van der Waals surface area (Å²) >= 11 is 0. The number of ketones is 1. The van der Waals surface area contributed by atoms with Gasteiger partial charge in [0.05, 0.1) is 0 Å². The van der Waals surface area contributed by atoms with E-state index in [4.69, 9.17) is 0 Å². The fraction of sp³-hybridized carbons (Fsp3) is 0.500. The van der Waals surface area contributed by atoms with Crippen LogP contribution in [0, 0.1) is 11.8 Å². The van der Waals surface area contributed by atoms with Crippen molar-refractivity contribution in [1.82, 2.24) is 0 Å². The van der Waals surface area contributed by atoms with Gasteiger partial charge in [0.25, 0.3) is 0 Å². The van der Waals surface area contributed by atoms with Crippen molar-refractivity contribution in [3.8, 4) is 5.75 Å². The van der Waals surface area contributed by atoms with Crippen LogP contribution in [0.2, 0.25) is 0 Å². The van der Waals surface area contributed by atoms with Crippen molar-refractivity contribution < 1.29 is 22.7 Å². The van der Waals surface area contributed by atoms with Crippen LogP contribution < -0.4 is 4.74 Å². The number of hydrogen-bond acceptors (Lipinski definition) is 2.